The van der Waals surface area contributed by atoms with E-state index in [1.54, 1.807) is 0 Å². The highest BCUT2D eigenvalue weighted by Crippen LogP contribution is 2.44. The molecule has 0 aliphatic heterocycles. The molecule has 3 aromatic heterocycles. The number of allylic oxidation sites excluding steroid dienone is 1. The van der Waals surface area contributed by atoms with E-state index in [0.29, 0.717) is 22.4 Å². The average molecular weight is 741 g/mol. The molecule has 3 heterocycles. The molecule has 270 valence electrons. The maximum Gasteiger partial charge on any atom is 0.103 e. The van der Waals surface area contributed by atoms with Crippen LogP contribution in [0.4, 0.5) is 0 Å². The first-order valence-electron chi connectivity index (χ1n) is 19.0. The fourth-order valence-corrected chi connectivity index (χ4v) is 8.93. The predicted octanol–water partition coefficient (Wildman–Crippen LogP) is 12.8. The van der Waals surface area contributed by atoms with Gasteiger partial charge in [0.25, 0.3) is 0 Å². The molecule has 0 aliphatic carbocycles. The van der Waals surface area contributed by atoms with E-state index in [-0.39, 0.29) is 11.1 Å². The maximum atomic E-state index is 11.0. The maximum absolute atomic E-state index is 11.0. The number of aromatic nitrogens is 3. The molecule has 58 heavy (non-hydrogen) atoms. The Balaban J connectivity index is 1.34. The van der Waals surface area contributed by atoms with Crippen LogP contribution >= 0.6 is 0 Å². The standard InChI is InChI=1S/C52H32N6/c1-3-14-45-35(4-2)40-24-25-41-39-19-10-13-22-48(39)58(52(41)51(40)56(45)34-15-6-5-7-16-34)49-27-23-33(30-53)29-42(49)36-26-28-50(44(32-55)43(36)31-54)57-46-20-11-8-17-37(46)38-18-9-12-21-47(38)57/h3-29H,2H2,1H3/b14-3-. The van der Waals surface area contributed by atoms with Crippen LogP contribution in [0.5, 0.6) is 0 Å². The summed E-state index contributed by atoms with van der Waals surface area (Å²) in [5.41, 5.74) is 11.4. The van der Waals surface area contributed by atoms with E-state index in [4.69, 9.17) is 0 Å². The van der Waals surface area contributed by atoms with Crippen molar-refractivity contribution in [3.05, 3.63) is 186 Å². The third-order valence-corrected chi connectivity index (χ3v) is 11.3. The Morgan fingerprint density at radius 1 is 0.500 bits per heavy atom. The summed E-state index contributed by atoms with van der Waals surface area (Å²) < 4.78 is 6.62. The minimum absolute atomic E-state index is 0.237. The van der Waals surface area contributed by atoms with E-state index in [1.165, 1.54) is 0 Å². The number of nitrogens with zero attached hydrogens (tertiary/aromatic N) is 6. The van der Waals surface area contributed by atoms with Gasteiger partial charge in [-0.05, 0) is 67.6 Å². The molecule has 10 aromatic rings. The van der Waals surface area contributed by atoms with Crippen molar-refractivity contribution in [2.75, 3.05) is 0 Å². The number of fused-ring (bicyclic) bond motifs is 8. The highest BCUT2D eigenvalue weighted by molar-refractivity contribution is 6.20. The number of rotatable bonds is 6. The van der Waals surface area contributed by atoms with Gasteiger partial charge in [0.1, 0.15) is 12.1 Å². The lowest BCUT2D eigenvalue weighted by Gasteiger charge is -2.19. The summed E-state index contributed by atoms with van der Waals surface area (Å²) in [7, 11) is 0. The van der Waals surface area contributed by atoms with Crippen LogP contribution < -0.4 is 0 Å². The van der Waals surface area contributed by atoms with E-state index < -0.39 is 0 Å². The molecular formula is C52H32N6. The second kappa shape index (κ2) is 13.4. The zero-order chi connectivity index (χ0) is 39.5. The molecule has 0 aliphatic rings. The molecule has 6 nitrogen and oxygen atoms in total. The Hall–Kier alpha value is -8.37. The van der Waals surface area contributed by atoms with Crippen molar-refractivity contribution in [3.8, 4) is 46.4 Å². The van der Waals surface area contributed by atoms with Gasteiger partial charge in [-0.2, -0.15) is 15.8 Å². The van der Waals surface area contributed by atoms with Crippen molar-refractivity contribution in [2.45, 2.75) is 6.92 Å². The number of benzene rings is 7. The van der Waals surface area contributed by atoms with E-state index >= 15 is 0 Å². The molecule has 7 aromatic carbocycles. The fourth-order valence-electron chi connectivity index (χ4n) is 8.93. The van der Waals surface area contributed by atoms with Gasteiger partial charge >= 0.3 is 0 Å². The van der Waals surface area contributed by atoms with Gasteiger partial charge in [0.05, 0.1) is 67.4 Å². The summed E-state index contributed by atoms with van der Waals surface area (Å²) in [5.74, 6) is 0. The lowest BCUT2D eigenvalue weighted by atomic mass is 9.92. The van der Waals surface area contributed by atoms with Crippen LogP contribution in [0.15, 0.2) is 158 Å². The van der Waals surface area contributed by atoms with Crippen LogP contribution in [-0.2, 0) is 0 Å². The van der Waals surface area contributed by atoms with Gasteiger partial charge < -0.3 is 13.7 Å². The van der Waals surface area contributed by atoms with E-state index in [0.717, 1.165) is 77.1 Å². The van der Waals surface area contributed by atoms with Crippen molar-refractivity contribution in [2.24, 2.45) is 0 Å². The molecular weight excluding hydrogens is 709 g/mol. The second-order valence-electron chi connectivity index (χ2n) is 14.2. The van der Waals surface area contributed by atoms with Crippen molar-refractivity contribution < 1.29 is 0 Å². The highest BCUT2D eigenvalue weighted by Gasteiger charge is 2.26. The van der Waals surface area contributed by atoms with Crippen LogP contribution in [0.25, 0.3) is 94.9 Å². The summed E-state index contributed by atoms with van der Waals surface area (Å²) in [5, 5.41) is 37.5. The van der Waals surface area contributed by atoms with Gasteiger partial charge in [-0.25, -0.2) is 0 Å². The van der Waals surface area contributed by atoms with Crippen molar-refractivity contribution in [1.29, 1.82) is 15.8 Å². The SMILES string of the molecule is C=Cc1c(/C=C\C)n(-c2ccccc2)c2c1ccc1c3ccccc3n(-c3ccc(C#N)cc3-c3ccc(-n4c5ccccc5c5ccccc54)c(C#N)c3C#N)c12. The lowest BCUT2D eigenvalue weighted by molar-refractivity contribution is 1.10. The van der Waals surface area contributed by atoms with Crippen molar-refractivity contribution in [1.82, 2.24) is 13.7 Å². The summed E-state index contributed by atoms with van der Waals surface area (Å²) in [4.78, 5) is 0. The number of para-hydroxylation sites is 4. The Bertz CT molecular complexity index is 3460. The van der Waals surface area contributed by atoms with Gasteiger partial charge in [-0.3, -0.25) is 0 Å². The third-order valence-electron chi connectivity index (χ3n) is 11.3. The molecule has 0 spiro atoms. The van der Waals surface area contributed by atoms with Gasteiger partial charge in [0, 0.05) is 49.3 Å². The second-order valence-corrected chi connectivity index (χ2v) is 14.2. The molecule has 0 N–H and O–H groups in total. The average Bonchev–Trinajstić information content (AvgIpc) is 3.91. The molecule has 0 bridgehead atoms. The minimum Gasteiger partial charge on any atom is -0.308 e. The largest absolute Gasteiger partial charge is 0.308 e. The van der Waals surface area contributed by atoms with Gasteiger partial charge in [-0.1, -0.05) is 110 Å². The van der Waals surface area contributed by atoms with Crippen LogP contribution in [-0.4, -0.2) is 13.7 Å². The molecule has 0 radical (unpaired) electrons. The fraction of sp³-hybridized carbons (Fsp3) is 0.0192. The first-order chi connectivity index (χ1) is 28.6. The van der Waals surface area contributed by atoms with Gasteiger partial charge in [0.15, 0.2) is 0 Å². The van der Waals surface area contributed by atoms with Crippen molar-refractivity contribution in [3.63, 3.8) is 0 Å². The summed E-state index contributed by atoms with van der Waals surface area (Å²) in [6.45, 7) is 6.28. The molecule has 0 unspecified atom stereocenters. The highest BCUT2D eigenvalue weighted by atomic mass is 15.1. The molecule has 10 rings (SSSR count). The molecule has 0 fully saturated rings. The summed E-state index contributed by atoms with van der Waals surface area (Å²) in [6, 6.07) is 55.9. The molecule has 0 saturated heterocycles. The normalized spacial score (nSPS) is 11.5. The van der Waals surface area contributed by atoms with Gasteiger partial charge in [-0.15, -0.1) is 0 Å². The van der Waals surface area contributed by atoms with Crippen molar-refractivity contribution >= 4 is 66.7 Å². The Morgan fingerprint density at radius 3 is 1.69 bits per heavy atom. The van der Waals surface area contributed by atoms with Crippen LogP contribution in [0, 0.1) is 34.0 Å². The lowest BCUT2D eigenvalue weighted by Crippen LogP contribution is -2.04. The van der Waals surface area contributed by atoms with Crippen LogP contribution in [0.1, 0.15) is 34.9 Å². The monoisotopic (exact) mass is 740 g/mol. The third kappa shape index (κ3) is 4.82. The summed E-state index contributed by atoms with van der Waals surface area (Å²) >= 11 is 0. The summed E-state index contributed by atoms with van der Waals surface area (Å²) in [6.07, 6.45) is 6.09. The quantitative estimate of drug-likeness (QED) is 0.170. The Kier molecular flexibility index (Phi) is 7.91. The smallest absolute Gasteiger partial charge is 0.103 e. The molecule has 6 heteroatoms. The molecule has 0 saturated carbocycles. The van der Waals surface area contributed by atoms with E-state index in [1.807, 2.05) is 116 Å². The zero-order valence-electron chi connectivity index (χ0n) is 31.5. The van der Waals surface area contributed by atoms with Gasteiger partial charge in [0.2, 0.25) is 0 Å². The minimum atomic E-state index is 0.237. The van der Waals surface area contributed by atoms with Crippen LogP contribution in [0.3, 0.4) is 0 Å². The molecule has 0 atom stereocenters. The topological polar surface area (TPSA) is 86.2 Å². The Labute approximate surface area is 334 Å². The van der Waals surface area contributed by atoms with E-state index in [2.05, 4.69) is 93.1 Å². The first kappa shape index (κ1) is 34.1. The first-order valence-corrected chi connectivity index (χ1v) is 19.0. The zero-order valence-corrected chi connectivity index (χ0v) is 31.5. The predicted molar refractivity (Wildman–Crippen MR) is 236 cm³/mol. The number of hydrogen-bond acceptors (Lipinski definition) is 3. The van der Waals surface area contributed by atoms with E-state index in [9.17, 15) is 15.8 Å². The molecule has 0 amide bonds. The Morgan fingerprint density at radius 2 is 1.07 bits per heavy atom. The van der Waals surface area contributed by atoms with Crippen LogP contribution in [0.2, 0.25) is 0 Å². The number of hydrogen-bond donors (Lipinski definition) is 0. The number of nitriles is 3.